The lowest BCUT2D eigenvalue weighted by Crippen LogP contribution is -2.59. The van der Waals surface area contributed by atoms with E-state index in [-0.39, 0.29) is 16.9 Å². The van der Waals surface area contributed by atoms with E-state index in [9.17, 15) is 4.79 Å². The van der Waals surface area contributed by atoms with Gasteiger partial charge in [0.25, 0.3) is 5.91 Å². The quantitative estimate of drug-likeness (QED) is 0.764. The molecule has 1 saturated heterocycles. The number of furan rings is 1. The topological polar surface area (TPSA) is 58.4 Å². The average molecular weight is 418 g/mol. The molecule has 2 aromatic heterocycles. The van der Waals surface area contributed by atoms with Crippen LogP contribution in [0.2, 0.25) is 0 Å². The molecular formula is C26H31N3O2. The second kappa shape index (κ2) is 7.20. The van der Waals surface area contributed by atoms with Crippen molar-refractivity contribution in [1.29, 1.82) is 0 Å². The second-order valence-corrected chi connectivity index (χ2v) is 10.1. The Morgan fingerprint density at radius 3 is 2.71 bits per heavy atom. The summed E-state index contributed by atoms with van der Waals surface area (Å²) in [5, 5.41) is 3.37. The lowest BCUT2D eigenvalue weighted by Gasteiger charge is -2.42. The van der Waals surface area contributed by atoms with Gasteiger partial charge in [-0.2, -0.15) is 0 Å². The molecule has 0 spiro atoms. The minimum absolute atomic E-state index is 0.0497. The van der Waals surface area contributed by atoms with Crippen LogP contribution in [0.15, 0.2) is 46.4 Å². The molecule has 0 radical (unpaired) electrons. The molecule has 1 aliphatic heterocycles. The maximum atomic E-state index is 13.4. The average Bonchev–Trinajstić information content (AvgIpc) is 3.39. The van der Waals surface area contributed by atoms with Crippen LogP contribution in [0.25, 0.3) is 16.7 Å². The van der Waals surface area contributed by atoms with Crippen molar-refractivity contribution in [2.24, 2.45) is 0 Å². The Labute approximate surface area is 183 Å². The summed E-state index contributed by atoms with van der Waals surface area (Å²) >= 11 is 0. The Bertz CT molecular complexity index is 1140. The molecule has 0 atom stereocenters. The van der Waals surface area contributed by atoms with Crippen LogP contribution in [-0.2, 0) is 5.41 Å². The Kier molecular flexibility index (Phi) is 4.70. The number of amides is 1. The standard InChI is InChI=1S/C26H31N3O2/c1-17-6-5-7-18(9-8-17)20-14-19(26(4)10-11-26)23-21(28-20)15-22(31-23)24(30)29-13-12-27-16-25(29,2)3/h6-9,14-15,27H,5,10-13,16H2,1-4H3. The molecule has 5 heteroatoms. The van der Waals surface area contributed by atoms with Crippen molar-refractivity contribution in [1.82, 2.24) is 15.2 Å². The van der Waals surface area contributed by atoms with Crippen LogP contribution in [-0.4, -0.2) is 41.0 Å². The van der Waals surface area contributed by atoms with Gasteiger partial charge in [-0.05, 0) is 57.1 Å². The summed E-state index contributed by atoms with van der Waals surface area (Å²) in [6.07, 6.45) is 11.9. The normalized spacial score (nSPS) is 22.1. The minimum Gasteiger partial charge on any atom is -0.449 e. The van der Waals surface area contributed by atoms with E-state index >= 15 is 0 Å². The van der Waals surface area contributed by atoms with Crippen molar-refractivity contribution >= 4 is 22.6 Å². The summed E-state index contributed by atoms with van der Waals surface area (Å²) in [5.74, 6) is 0.342. The number of aromatic nitrogens is 1. The van der Waals surface area contributed by atoms with Gasteiger partial charge in [0.1, 0.15) is 5.52 Å². The van der Waals surface area contributed by atoms with Crippen LogP contribution in [0.4, 0.5) is 0 Å². The molecule has 3 aliphatic rings. The molecule has 2 aliphatic carbocycles. The summed E-state index contributed by atoms with van der Waals surface area (Å²) in [7, 11) is 0. The fraction of sp³-hybridized carbons (Fsp3) is 0.462. The number of carbonyl (C=O) groups is 1. The molecule has 31 heavy (non-hydrogen) atoms. The van der Waals surface area contributed by atoms with E-state index in [1.54, 1.807) is 0 Å². The molecule has 5 nitrogen and oxygen atoms in total. The largest absolute Gasteiger partial charge is 0.449 e. The molecular weight excluding hydrogens is 386 g/mol. The number of rotatable bonds is 3. The van der Waals surface area contributed by atoms with Gasteiger partial charge in [-0.15, -0.1) is 0 Å². The molecule has 2 aromatic rings. The number of fused-ring (bicyclic) bond motifs is 1. The van der Waals surface area contributed by atoms with Gasteiger partial charge in [0.15, 0.2) is 11.3 Å². The summed E-state index contributed by atoms with van der Waals surface area (Å²) in [6, 6.07) is 4.03. The molecule has 0 unspecified atom stereocenters. The first-order valence-electron chi connectivity index (χ1n) is 11.3. The highest BCUT2D eigenvalue weighted by molar-refractivity contribution is 5.97. The zero-order chi connectivity index (χ0) is 21.8. The van der Waals surface area contributed by atoms with Gasteiger partial charge in [0.05, 0.1) is 11.2 Å². The van der Waals surface area contributed by atoms with Gasteiger partial charge in [-0.3, -0.25) is 4.79 Å². The van der Waals surface area contributed by atoms with Gasteiger partial charge in [0.2, 0.25) is 0 Å². The smallest absolute Gasteiger partial charge is 0.290 e. The van der Waals surface area contributed by atoms with Crippen LogP contribution in [0.5, 0.6) is 0 Å². The number of nitrogens with zero attached hydrogens (tertiary/aromatic N) is 2. The monoisotopic (exact) mass is 417 g/mol. The number of pyridine rings is 1. The van der Waals surface area contributed by atoms with E-state index in [1.807, 2.05) is 11.0 Å². The lowest BCUT2D eigenvalue weighted by atomic mass is 9.95. The Balaban J connectivity index is 1.59. The highest BCUT2D eigenvalue weighted by Gasteiger charge is 2.42. The molecule has 1 N–H and O–H groups in total. The lowest BCUT2D eigenvalue weighted by molar-refractivity contribution is 0.0448. The maximum absolute atomic E-state index is 13.4. The Morgan fingerprint density at radius 2 is 1.97 bits per heavy atom. The second-order valence-electron chi connectivity index (χ2n) is 10.1. The number of allylic oxidation sites excluding steroid dienone is 6. The van der Waals surface area contributed by atoms with E-state index in [1.165, 1.54) is 11.1 Å². The molecule has 1 saturated carbocycles. The summed E-state index contributed by atoms with van der Waals surface area (Å²) in [6.45, 7) is 10.8. The molecule has 1 amide bonds. The van der Waals surface area contributed by atoms with Crippen LogP contribution < -0.4 is 5.32 Å². The van der Waals surface area contributed by atoms with E-state index in [4.69, 9.17) is 9.40 Å². The fourth-order valence-electron chi connectivity index (χ4n) is 4.59. The molecule has 2 fully saturated rings. The summed E-state index contributed by atoms with van der Waals surface area (Å²) in [5.41, 5.74) is 5.92. The van der Waals surface area contributed by atoms with Gasteiger partial charge in [-0.1, -0.05) is 36.8 Å². The van der Waals surface area contributed by atoms with Gasteiger partial charge in [0, 0.05) is 31.3 Å². The third kappa shape index (κ3) is 3.65. The van der Waals surface area contributed by atoms with Gasteiger partial charge in [-0.25, -0.2) is 4.98 Å². The molecule has 0 bridgehead atoms. The number of hydrogen-bond acceptors (Lipinski definition) is 4. The SMILES string of the molecule is CC1=CCC=C(c2cc(C3(C)CC3)c3oc(C(=O)N4CCNCC4(C)C)cc3n2)C=C1. The maximum Gasteiger partial charge on any atom is 0.290 e. The third-order valence-corrected chi connectivity index (χ3v) is 6.98. The van der Waals surface area contributed by atoms with Gasteiger partial charge < -0.3 is 14.6 Å². The predicted molar refractivity (Wildman–Crippen MR) is 124 cm³/mol. The van der Waals surface area contributed by atoms with Crippen molar-refractivity contribution in [3.8, 4) is 0 Å². The minimum atomic E-state index is -0.251. The van der Waals surface area contributed by atoms with Crippen LogP contribution >= 0.6 is 0 Å². The first-order valence-corrected chi connectivity index (χ1v) is 11.3. The molecule has 0 aromatic carbocycles. The van der Waals surface area contributed by atoms with Crippen molar-refractivity contribution in [3.05, 3.63) is 59.0 Å². The zero-order valence-electron chi connectivity index (χ0n) is 18.9. The molecule has 3 heterocycles. The van der Waals surface area contributed by atoms with Crippen molar-refractivity contribution in [3.63, 3.8) is 0 Å². The number of piperazine rings is 1. The van der Waals surface area contributed by atoms with Crippen LogP contribution in [0.1, 0.15) is 68.8 Å². The first-order chi connectivity index (χ1) is 14.8. The van der Waals surface area contributed by atoms with Crippen molar-refractivity contribution < 1.29 is 9.21 Å². The summed E-state index contributed by atoms with van der Waals surface area (Å²) < 4.78 is 6.24. The first kappa shape index (κ1) is 20.3. The molecule has 5 rings (SSSR count). The fourth-order valence-corrected chi connectivity index (χ4v) is 4.59. The highest BCUT2D eigenvalue weighted by Crippen LogP contribution is 2.50. The van der Waals surface area contributed by atoms with Crippen LogP contribution in [0.3, 0.4) is 0 Å². The van der Waals surface area contributed by atoms with E-state index in [2.05, 4.69) is 63.4 Å². The summed E-state index contributed by atoms with van der Waals surface area (Å²) in [4.78, 5) is 20.2. The van der Waals surface area contributed by atoms with E-state index in [0.29, 0.717) is 12.3 Å². The predicted octanol–water partition coefficient (Wildman–Crippen LogP) is 4.99. The number of carbonyl (C=O) groups excluding carboxylic acids is 1. The van der Waals surface area contributed by atoms with E-state index in [0.717, 1.165) is 54.7 Å². The van der Waals surface area contributed by atoms with Crippen LogP contribution in [0, 0.1) is 0 Å². The Hall–Kier alpha value is -2.66. The van der Waals surface area contributed by atoms with Crippen molar-refractivity contribution in [2.75, 3.05) is 19.6 Å². The third-order valence-electron chi connectivity index (χ3n) is 6.98. The Morgan fingerprint density at radius 1 is 1.16 bits per heavy atom. The number of hydrogen-bond donors (Lipinski definition) is 1. The number of nitrogens with one attached hydrogen (secondary N) is 1. The van der Waals surface area contributed by atoms with E-state index < -0.39 is 0 Å². The molecule has 162 valence electrons. The van der Waals surface area contributed by atoms with Crippen molar-refractivity contribution in [2.45, 2.75) is 57.9 Å². The highest BCUT2D eigenvalue weighted by atomic mass is 16.3. The van der Waals surface area contributed by atoms with Gasteiger partial charge >= 0.3 is 0 Å². The zero-order valence-corrected chi connectivity index (χ0v) is 18.9.